The van der Waals surface area contributed by atoms with Crippen LogP contribution in [0.15, 0.2) is 57.7 Å². The predicted molar refractivity (Wildman–Crippen MR) is 126 cm³/mol. The standard InChI is InChI=1S/C25H22N2O6S/c1-2-12-26-18-9-5-4-8-17(18)25(24(26)30)20-21(28)16-7-3-6-10-19(16)33-22(20)23(29)27(25)15-11-13-34(31,32)14-15/h3-10,15H,2,11-14H2,1H3/t15-,25+/m0/s1. The van der Waals surface area contributed by atoms with Gasteiger partial charge >= 0.3 is 0 Å². The Kier molecular flexibility index (Phi) is 4.36. The van der Waals surface area contributed by atoms with Gasteiger partial charge in [-0.1, -0.05) is 37.3 Å². The number of para-hydroxylation sites is 2. The summed E-state index contributed by atoms with van der Waals surface area (Å²) in [7, 11) is -3.38. The average molecular weight is 479 g/mol. The van der Waals surface area contributed by atoms with Gasteiger partial charge < -0.3 is 14.2 Å². The fourth-order valence-electron chi connectivity index (χ4n) is 5.78. The first-order chi connectivity index (χ1) is 16.3. The third-order valence-corrected chi connectivity index (χ3v) is 8.84. The van der Waals surface area contributed by atoms with E-state index in [9.17, 15) is 22.8 Å². The van der Waals surface area contributed by atoms with E-state index in [1.807, 2.05) is 6.92 Å². The van der Waals surface area contributed by atoms with Crippen molar-refractivity contribution in [1.29, 1.82) is 0 Å². The van der Waals surface area contributed by atoms with Crippen molar-refractivity contribution in [2.24, 2.45) is 0 Å². The molecule has 3 aliphatic heterocycles. The number of fused-ring (bicyclic) bond motifs is 5. The van der Waals surface area contributed by atoms with Gasteiger partial charge in [-0.25, -0.2) is 8.42 Å². The van der Waals surface area contributed by atoms with Gasteiger partial charge in [-0.15, -0.1) is 0 Å². The predicted octanol–water partition coefficient (Wildman–Crippen LogP) is 2.44. The molecule has 3 aromatic rings. The first-order valence-electron chi connectivity index (χ1n) is 11.3. The van der Waals surface area contributed by atoms with Crippen molar-refractivity contribution in [2.45, 2.75) is 31.3 Å². The van der Waals surface area contributed by atoms with Crippen LogP contribution in [0.1, 0.15) is 41.4 Å². The van der Waals surface area contributed by atoms with Gasteiger partial charge in [0.15, 0.2) is 20.8 Å². The SMILES string of the molecule is CCCN1C(=O)[C@@]2(c3ccccc31)c1c(oc3ccccc3c1=O)C(=O)N2[C@H]1CCS(=O)(=O)C1. The quantitative estimate of drug-likeness (QED) is 0.573. The van der Waals surface area contributed by atoms with E-state index in [0.717, 1.165) is 0 Å². The fourth-order valence-corrected chi connectivity index (χ4v) is 7.48. The van der Waals surface area contributed by atoms with Gasteiger partial charge in [0.05, 0.1) is 28.1 Å². The van der Waals surface area contributed by atoms with E-state index >= 15 is 0 Å². The molecular formula is C25H22N2O6S. The van der Waals surface area contributed by atoms with E-state index in [4.69, 9.17) is 4.42 Å². The van der Waals surface area contributed by atoms with Gasteiger partial charge in [0.25, 0.3) is 11.8 Å². The zero-order valence-corrected chi connectivity index (χ0v) is 19.3. The molecule has 0 N–H and O–H groups in total. The van der Waals surface area contributed by atoms with Gasteiger partial charge in [-0.2, -0.15) is 0 Å². The Morgan fingerprint density at radius 3 is 2.53 bits per heavy atom. The van der Waals surface area contributed by atoms with Crippen LogP contribution >= 0.6 is 0 Å². The normalized spacial score (nSPS) is 24.9. The monoisotopic (exact) mass is 478 g/mol. The fraction of sp³-hybridized carbons (Fsp3) is 0.320. The lowest BCUT2D eigenvalue weighted by atomic mass is 9.83. The summed E-state index contributed by atoms with van der Waals surface area (Å²) in [6.07, 6.45) is 0.863. The Morgan fingerprint density at radius 2 is 1.79 bits per heavy atom. The van der Waals surface area contributed by atoms with E-state index < -0.39 is 38.7 Å². The number of nitrogens with zero attached hydrogens (tertiary/aromatic N) is 2. The molecular weight excluding hydrogens is 456 g/mol. The van der Waals surface area contributed by atoms with Crippen LogP contribution < -0.4 is 10.3 Å². The minimum atomic E-state index is -3.38. The molecule has 1 spiro atoms. The molecule has 9 heteroatoms. The third kappa shape index (κ3) is 2.53. The minimum Gasteiger partial charge on any atom is -0.450 e. The maximum Gasteiger partial charge on any atom is 0.291 e. The first kappa shape index (κ1) is 21.1. The summed E-state index contributed by atoms with van der Waals surface area (Å²) in [5.41, 5.74) is -0.847. The first-order valence-corrected chi connectivity index (χ1v) is 13.1. The molecule has 0 aliphatic carbocycles. The Morgan fingerprint density at radius 1 is 1.06 bits per heavy atom. The van der Waals surface area contributed by atoms with Crippen molar-refractivity contribution >= 4 is 38.3 Å². The molecule has 0 radical (unpaired) electrons. The number of hydrogen-bond acceptors (Lipinski definition) is 6. The van der Waals surface area contributed by atoms with E-state index in [2.05, 4.69) is 0 Å². The lowest BCUT2D eigenvalue weighted by molar-refractivity contribution is -0.126. The van der Waals surface area contributed by atoms with Gasteiger partial charge in [0.1, 0.15) is 5.58 Å². The summed E-state index contributed by atoms with van der Waals surface area (Å²) in [4.78, 5) is 45.0. The molecule has 0 unspecified atom stereocenters. The average Bonchev–Trinajstić information content (AvgIpc) is 3.39. The Bertz CT molecular complexity index is 1560. The molecule has 3 aliphatic rings. The van der Waals surface area contributed by atoms with Crippen molar-refractivity contribution in [3.05, 3.63) is 75.6 Å². The van der Waals surface area contributed by atoms with Crippen LogP contribution in [-0.2, 0) is 20.2 Å². The molecule has 8 nitrogen and oxygen atoms in total. The highest BCUT2D eigenvalue weighted by Gasteiger charge is 2.66. The number of carbonyl (C=O) groups excluding carboxylic acids is 2. The maximum absolute atomic E-state index is 14.3. The van der Waals surface area contributed by atoms with Gasteiger partial charge in [0.2, 0.25) is 5.76 Å². The zero-order valence-electron chi connectivity index (χ0n) is 18.5. The number of carbonyl (C=O) groups is 2. The molecule has 0 saturated carbocycles. The van der Waals surface area contributed by atoms with Gasteiger partial charge in [-0.05, 0) is 31.0 Å². The molecule has 4 heterocycles. The second kappa shape index (κ2) is 7.02. The minimum absolute atomic E-state index is 0.0171. The number of hydrogen-bond donors (Lipinski definition) is 0. The van der Waals surface area contributed by atoms with E-state index in [0.29, 0.717) is 24.2 Å². The molecule has 174 valence electrons. The molecule has 1 saturated heterocycles. The Hall–Kier alpha value is -3.46. The summed E-state index contributed by atoms with van der Waals surface area (Å²) in [5.74, 6) is -1.57. The van der Waals surface area contributed by atoms with Crippen molar-refractivity contribution in [3.8, 4) is 0 Å². The third-order valence-electron chi connectivity index (χ3n) is 7.09. The number of rotatable bonds is 3. The van der Waals surface area contributed by atoms with Crippen molar-refractivity contribution in [2.75, 3.05) is 23.0 Å². The van der Waals surface area contributed by atoms with E-state index in [1.165, 1.54) is 4.90 Å². The second-order valence-electron chi connectivity index (χ2n) is 9.05. The highest BCUT2D eigenvalue weighted by atomic mass is 32.2. The van der Waals surface area contributed by atoms with Crippen molar-refractivity contribution in [3.63, 3.8) is 0 Å². The molecule has 2 amide bonds. The maximum atomic E-state index is 14.3. The molecule has 34 heavy (non-hydrogen) atoms. The smallest absolute Gasteiger partial charge is 0.291 e. The van der Waals surface area contributed by atoms with Crippen LogP contribution in [0.2, 0.25) is 0 Å². The zero-order chi connectivity index (χ0) is 23.8. The lowest BCUT2D eigenvalue weighted by Crippen LogP contribution is -2.57. The lowest BCUT2D eigenvalue weighted by Gasteiger charge is -2.37. The molecule has 1 aromatic heterocycles. The molecule has 1 fully saturated rings. The van der Waals surface area contributed by atoms with Crippen molar-refractivity contribution < 1.29 is 22.4 Å². The van der Waals surface area contributed by atoms with Crippen LogP contribution in [0, 0.1) is 0 Å². The highest BCUT2D eigenvalue weighted by molar-refractivity contribution is 7.91. The Balaban J connectivity index is 1.73. The molecule has 2 atom stereocenters. The largest absolute Gasteiger partial charge is 0.450 e. The summed E-state index contributed by atoms with van der Waals surface area (Å²) >= 11 is 0. The molecule has 2 aromatic carbocycles. The summed E-state index contributed by atoms with van der Waals surface area (Å²) in [6, 6.07) is 13.0. The van der Waals surface area contributed by atoms with Gasteiger partial charge in [-0.3, -0.25) is 14.4 Å². The summed E-state index contributed by atoms with van der Waals surface area (Å²) < 4.78 is 30.8. The Labute approximate surface area is 195 Å². The molecule has 6 rings (SSSR count). The van der Waals surface area contributed by atoms with Crippen molar-refractivity contribution in [1.82, 2.24) is 4.90 Å². The van der Waals surface area contributed by atoms with Gasteiger partial charge in [0, 0.05) is 18.2 Å². The van der Waals surface area contributed by atoms with Crippen LogP contribution in [0.5, 0.6) is 0 Å². The summed E-state index contributed by atoms with van der Waals surface area (Å²) in [5, 5.41) is 0.272. The topological polar surface area (TPSA) is 105 Å². The van der Waals surface area contributed by atoms with Crippen LogP contribution in [0.3, 0.4) is 0 Å². The number of anilines is 1. The van der Waals surface area contributed by atoms with E-state index in [-0.39, 0.29) is 40.2 Å². The van der Waals surface area contributed by atoms with Crippen LogP contribution in [0.4, 0.5) is 5.69 Å². The second-order valence-corrected chi connectivity index (χ2v) is 11.3. The number of amides is 2. The number of sulfone groups is 1. The van der Waals surface area contributed by atoms with Crippen LogP contribution in [-0.4, -0.2) is 49.2 Å². The highest BCUT2D eigenvalue weighted by Crippen LogP contribution is 2.54. The molecule has 0 bridgehead atoms. The van der Waals surface area contributed by atoms with E-state index in [1.54, 1.807) is 53.4 Å². The number of benzene rings is 2. The summed E-state index contributed by atoms with van der Waals surface area (Å²) in [6.45, 7) is 2.34. The van der Waals surface area contributed by atoms with Crippen LogP contribution in [0.25, 0.3) is 11.0 Å².